The molecule has 21 heavy (non-hydrogen) atoms. The van der Waals surface area contributed by atoms with Gasteiger partial charge in [-0.2, -0.15) is 0 Å². The Kier molecular flexibility index (Phi) is 6.77. The van der Waals surface area contributed by atoms with E-state index in [9.17, 15) is 14.9 Å². The molecule has 7 heteroatoms. The summed E-state index contributed by atoms with van der Waals surface area (Å²) in [6.45, 7) is 6.46. The third kappa shape index (κ3) is 5.13. The number of hydrogen-bond donors (Lipinski definition) is 1. The number of rotatable bonds is 8. The number of nitrogens with zero attached hydrogens (tertiary/aromatic N) is 1. The highest BCUT2D eigenvalue weighted by Crippen LogP contribution is 2.18. The second-order valence-corrected chi connectivity index (χ2v) is 4.31. The average Bonchev–Trinajstić information content (AvgIpc) is 2.44. The molecule has 0 aliphatic heterocycles. The smallest absolute Gasteiger partial charge is 0.272 e. The van der Waals surface area contributed by atoms with E-state index in [0.717, 1.165) is 0 Å². The third-order valence-electron chi connectivity index (χ3n) is 2.79. The van der Waals surface area contributed by atoms with Crippen LogP contribution in [0.2, 0.25) is 0 Å². The minimum absolute atomic E-state index is 0.00643. The molecule has 0 saturated carbocycles. The normalized spacial score (nSPS) is 10.7. The lowest BCUT2D eigenvalue weighted by Crippen LogP contribution is -2.35. The number of nitro groups is 1. The molecule has 0 saturated heterocycles. The number of hydrogen-bond acceptors (Lipinski definition) is 5. The summed E-state index contributed by atoms with van der Waals surface area (Å²) in [7, 11) is 0. The number of carbonyl (C=O) groups excluding carboxylic acids is 1. The van der Waals surface area contributed by atoms with Crippen LogP contribution in [0.4, 0.5) is 5.69 Å². The highest BCUT2D eigenvalue weighted by atomic mass is 16.7. The predicted octanol–water partition coefficient (Wildman–Crippen LogP) is 2.03. The van der Waals surface area contributed by atoms with Gasteiger partial charge in [0.25, 0.3) is 11.6 Å². The Morgan fingerprint density at radius 2 is 1.95 bits per heavy atom. The lowest BCUT2D eigenvalue weighted by Gasteiger charge is -2.17. The van der Waals surface area contributed by atoms with Crippen molar-refractivity contribution in [2.24, 2.45) is 0 Å². The zero-order chi connectivity index (χ0) is 15.8. The monoisotopic (exact) mass is 296 g/mol. The molecule has 1 amide bonds. The Bertz CT molecular complexity index is 498. The van der Waals surface area contributed by atoms with Crippen LogP contribution in [-0.4, -0.2) is 36.9 Å². The molecule has 0 spiro atoms. The summed E-state index contributed by atoms with van der Waals surface area (Å²) in [4.78, 5) is 22.3. The quantitative estimate of drug-likeness (QED) is 0.450. The summed E-state index contributed by atoms with van der Waals surface area (Å²) >= 11 is 0. The van der Waals surface area contributed by atoms with Gasteiger partial charge >= 0.3 is 0 Å². The molecule has 0 radical (unpaired) electrons. The molecule has 1 aromatic rings. The molecular formula is C14H20N2O5. The Labute approximate surface area is 123 Å². The molecule has 0 aliphatic carbocycles. The topological polar surface area (TPSA) is 90.7 Å². The summed E-state index contributed by atoms with van der Waals surface area (Å²) in [6, 6.07) is 4.24. The maximum absolute atomic E-state index is 12.0. The maximum Gasteiger partial charge on any atom is 0.272 e. The maximum atomic E-state index is 12.0. The number of aryl methyl sites for hydroxylation is 1. The van der Waals surface area contributed by atoms with Crippen molar-refractivity contribution < 1.29 is 19.2 Å². The minimum atomic E-state index is -0.497. The number of carbonyl (C=O) groups is 1. The molecule has 1 rings (SSSR count). The molecule has 0 aliphatic rings. The number of benzene rings is 1. The van der Waals surface area contributed by atoms with E-state index in [1.54, 1.807) is 6.92 Å². The van der Waals surface area contributed by atoms with Crippen molar-refractivity contribution >= 4 is 11.6 Å². The van der Waals surface area contributed by atoms with Crippen LogP contribution in [0.15, 0.2) is 18.2 Å². The van der Waals surface area contributed by atoms with Gasteiger partial charge < -0.3 is 14.8 Å². The summed E-state index contributed by atoms with van der Waals surface area (Å²) in [5, 5.41) is 13.4. The fourth-order valence-corrected chi connectivity index (χ4v) is 1.82. The highest BCUT2D eigenvalue weighted by molar-refractivity contribution is 5.94. The Hall–Kier alpha value is -1.99. The second kappa shape index (κ2) is 8.33. The van der Waals surface area contributed by atoms with Crippen LogP contribution in [0.25, 0.3) is 0 Å². The summed E-state index contributed by atoms with van der Waals surface area (Å²) in [6.07, 6.45) is -0.497. The average molecular weight is 296 g/mol. The molecular weight excluding hydrogens is 276 g/mol. The third-order valence-corrected chi connectivity index (χ3v) is 2.79. The van der Waals surface area contributed by atoms with E-state index in [4.69, 9.17) is 9.47 Å². The van der Waals surface area contributed by atoms with Crippen LogP contribution >= 0.6 is 0 Å². The van der Waals surface area contributed by atoms with E-state index in [2.05, 4.69) is 5.32 Å². The predicted molar refractivity (Wildman–Crippen MR) is 77.2 cm³/mol. The van der Waals surface area contributed by atoms with Crippen LogP contribution in [-0.2, 0) is 9.47 Å². The van der Waals surface area contributed by atoms with Gasteiger partial charge in [-0.25, -0.2) is 0 Å². The largest absolute Gasteiger partial charge is 0.351 e. The van der Waals surface area contributed by atoms with Crippen LogP contribution in [0.3, 0.4) is 0 Å². The molecule has 0 aromatic heterocycles. The van der Waals surface area contributed by atoms with Crippen LogP contribution < -0.4 is 5.32 Å². The molecule has 0 atom stereocenters. The first-order valence-corrected chi connectivity index (χ1v) is 6.76. The molecule has 0 bridgehead atoms. The van der Waals surface area contributed by atoms with Gasteiger partial charge in [-0.3, -0.25) is 14.9 Å². The van der Waals surface area contributed by atoms with Gasteiger partial charge in [0.1, 0.15) is 0 Å². The van der Waals surface area contributed by atoms with Gasteiger partial charge in [0.2, 0.25) is 0 Å². The standard InChI is InChI=1S/C14H20N2O5/c1-4-20-13(21-5-2)9-15-14(17)11-6-7-12(16(18)19)10(3)8-11/h6-8,13H,4-5,9H2,1-3H3,(H,15,17). The van der Waals surface area contributed by atoms with Gasteiger partial charge in [0.05, 0.1) is 11.5 Å². The Morgan fingerprint density at radius 1 is 1.33 bits per heavy atom. The van der Waals surface area contributed by atoms with E-state index in [1.165, 1.54) is 18.2 Å². The van der Waals surface area contributed by atoms with E-state index in [-0.39, 0.29) is 18.1 Å². The first-order chi connectivity index (χ1) is 9.99. The Morgan fingerprint density at radius 3 is 2.43 bits per heavy atom. The number of nitro benzene ring substituents is 1. The summed E-state index contributed by atoms with van der Waals surface area (Å²) in [5.74, 6) is -0.322. The van der Waals surface area contributed by atoms with Crippen molar-refractivity contribution in [2.75, 3.05) is 19.8 Å². The zero-order valence-electron chi connectivity index (χ0n) is 12.4. The van der Waals surface area contributed by atoms with Gasteiger partial charge in [-0.1, -0.05) is 0 Å². The van der Waals surface area contributed by atoms with Gasteiger partial charge in [0.15, 0.2) is 6.29 Å². The molecule has 0 fully saturated rings. The van der Waals surface area contributed by atoms with E-state index < -0.39 is 11.2 Å². The molecule has 0 unspecified atom stereocenters. The van der Waals surface area contributed by atoms with Crippen LogP contribution in [0.1, 0.15) is 29.8 Å². The number of amides is 1. The van der Waals surface area contributed by atoms with Crippen molar-refractivity contribution in [1.82, 2.24) is 5.32 Å². The first kappa shape index (κ1) is 17.1. The van der Waals surface area contributed by atoms with Crippen molar-refractivity contribution in [3.63, 3.8) is 0 Å². The summed E-state index contributed by atoms with van der Waals surface area (Å²) in [5.41, 5.74) is 0.803. The Balaban J connectivity index is 2.67. The second-order valence-electron chi connectivity index (χ2n) is 4.31. The van der Waals surface area contributed by atoms with Crippen molar-refractivity contribution in [2.45, 2.75) is 27.1 Å². The zero-order valence-corrected chi connectivity index (χ0v) is 12.4. The van der Waals surface area contributed by atoms with E-state index in [1.807, 2.05) is 13.8 Å². The van der Waals surface area contributed by atoms with Crippen molar-refractivity contribution in [3.05, 3.63) is 39.4 Å². The van der Waals surface area contributed by atoms with Gasteiger partial charge in [-0.15, -0.1) is 0 Å². The molecule has 1 aromatic carbocycles. The van der Waals surface area contributed by atoms with Crippen LogP contribution in [0, 0.1) is 17.0 Å². The number of ether oxygens (including phenoxy) is 2. The van der Waals surface area contributed by atoms with E-state index >= 15 is 0 Å². The lowest BCUT2D eigenvalue weighted by atomic mass is 10.1. The molecule has 0 heterocycles. The minimum Gasteiger partial charge on any atom is -0.351 e. The molecule has 7 nitrogen and oxygen atoms in total. The fraction of sp³-hybridized carbons (Fsp3) is 0.500. The highest BCUT2D eigenvalue weighted by Gasteiger charge is 2.15. The fourth-order valence-electron chi connectivity index (χ4n) is 1.82. The lowest BCUT2D eigenvalue weighted by molar-refractivity contribution is -0.385. The van der Waals surface area contributed by atoms with Gasteiger partial charge in [-0.05, 0) is 32.9 Å². The summed E-state index contributed by atoms with van der Waals surface area (Å²) < 4.78 is 10.6. The SMILES string of the molecule is CCOC(CNC(=O)c1ccc([N+](=O)[O-])c(C)c1)OCC. The first-order valence-electron chi connectivity index (χ1n) is 6.76. The van der Waals surface area contributed by atoms with E-state index in [0.29, 0.717) is 24.3 Å². The van der Waals surface area contributed by atoms with Crippen LogP contribution in [0.5, 0.6) is 0 Å². The van der Waals surface area contributed by atoms with Gasteiger partial charge in [0, 0.05) is 30.4 Å². The van der Waals surface area contributed by atoms with Crippen molar-refractivity contribution in [3.8, 4) is 0 Å². The number of nitrogens with one attached hydrogen (secondary N) is 1. The molecule has 116 valence electrons. The molecule has 1 N–H and O–H groups in total. The van der Waals surface area contributed by atoms with Crippen molar-refractivity contribution in [1.29, 1.82) is 0 Å².